The zero-order chi connectivity index (χ0) is 13.0. The fourth-order valence-electron chi connectivity index (χ4n) is 1.30. The maximum absolute atomic E-state index is 11.8. The lowest BCUT2D eigenvalue weighted by molar-refractivity contribution is 0.102. The Balaban J connectivity index is 2.09. The van der Waals surface area contributed by atoms with Gasteiger partial charge in [-0.3, -0.25) is 10.1 Å². The number of aryl methyl sites for hydroxylation is 1. The third-order valence-corrected chi connectivity index (χ3v) is 2.99. The molecule has 0 radical (unpaired) electrons. The molecule has 0 aromatic carbocycles. The molecule has 0 bridgehead atoms. The number of hydrogen-bond donors (Lipinski definition) is 2. The van der Waals surface area contributed by atoms with Crippen molar-refractivity contribution in [2.75, 3.05) is 11.1 Å². The highest BCUT2D eigenvalue weighted by molar-refractivity contribution is 7.15. The summed E-state index contributed by atoms with van der Waals surface area (Å²) in [5.41, 5.74) is 5.65. The second-order valence-corrected chi connectivity index (χ2v) is 4.56. The fourth-order valence-corrected chi connectivity index (χ4v) is 2.14. The van der Waals surface area contributed by atoms with E-state index in [2.05, 4.69) is 32.4 Å². The van der Waals surface area contributed by atoms with E-state index in [1.54, 1.807) is 0 Å². The van der Waals surface area contributed by atoms with Gasteiger partial charge in [-0.1, -0.05) is 18.3 Å². The molecule has 0 fully saturated rings. The molecule has 3 N–H and O–H groups in total. The number of amides is 1. The van der Waals surface area contributed by atoms with Gasteiger partial charge in [0.2, 0.25) is 5.13 Å². The highest BCUT2D eigenvalue weighted by atomic mass is 32.1. The smallest absolute Gasteiger partial charge is 0.279 e. The monoisotopic (exact) mass is 264 g/mol. The van der Waals surface area contributed by atoms with Crippen LogP contribution in [-0.2, 0) is 6.42 Å². The van der Waals surface area contributed by atoms with Gasteiger partial charge in [-0.25, -0.2) is 9.97 Å². The van der Waals surface area contributed by atoms with E-state index in [0.29, 0.717) is 5.13 Å². The Morgan fingerprint density at radius 2 is 2.17 bits per heavy atom. The molecular weight excluding hydrogens is 252 g/mol. The molecule has 2 heterocycles. The van der Waals surface area contributed by atoms with Crippen molar-refractivity contribution in [2.24, 2.45) is 0 Å². The van der Waals surface area contributed by atoms with Crippen molar-refractivity contribution in [3.63, 3.8) is 0 Å². The van der Waals surface area contributed by atoms with Crippen molar-refractivity contribution < 1.29 is 4.79 Å². The quantitative estimate of drug-likeness (QED) is 0.856. The Kier molecular flexibility index (Phi) is 3.78. The van der Waals surface area contributed by atoms with Gasteiger partial charge in [0.05, 0.1) is 0 Å². The summed E-state index contributed by atoms with van der Waals surface area (Å²) in [6.07, 6.45) is 4.67. The van der Waals surface area contributed by atoms with Crippen molar-refractivity contribution in [1.29, 1.82) is 0 Å². The van der Waals surface area contributed by atoms with Crippen LogP contribution in [0.4, 0.5) is 10.9 Å². The van der Waals surface area contributed by atoms with Crippen LogP contribution in [0.3, 0.4) is 0 Å². The van der Waals surface area contributed by atoms with Gasteiger partial charge >= 0.3 is 0 Å². The Labute approximate surface area is 107 Å². The van der Waals surface area contributed by atoms with Crippen molar-refractivity contribution in [2.45, 2.75) is 19.8 Å². The number of nitrogens with one attached hydrogen (secondary N) is 1. The van der Waals surface area contributed by atoms with Crippen LogP contribution in [0.15, 0.2) is 12.4 Å². The van der Waals surface area contributed by atoms with E-state index >= 15 is 0 Å². The van der Waals surface area contributed by atoms with Crippen LogP contribution in [0.1, 0.15) is 28.8 Å². The molecule has 0 aliphatic heterocycles. The van der Waals surface area contributed by atoms with Gasteiger partial charge in [-0.2, -0.15) is 0 Å². The van der Waals surface area contributed by atoms with Gasteiger partial charge in [-0.05, 0) is 6.42 Å². The second-order valence-electron chi connectivity index (χ2n) is 3.50. The summed E-state index contributed by atoms with van der Waals surface area (Å²) in [7, 11) is 0. The SMILES string of the molecule is CCCc1nnc(NC(=O)c2nccnc2N)s1. The highest BCUT2D eigenvalue weighted by Gasteiger charge is 2.14. The van der Waals surface area contributed by atoms with Gasteiger partial charge in [0.1, 0.15) is 5.01 Å². The molecular formula is C10H12N6OS. The lowest BCUT2D eigenvalue weighted by Crippen LogP contribution is -2.16. The van der Waals surface area contributed by atoms with Crippen LogP contribution < -0.4 is 11.1 Å². The number of rotatable bonds is 4. The van der Waals surface area contributed by atoms with Gasteiger partial charge < -0.3 is 5.73 Å². The van der Waals surface area contributed by atoms with E-state index in [1.165, 1.54) is 23.7 Å². The molecule has 0 saturated heterocycles. The normalized spacial score (nSPS) is 10.3. The van der Waals surface area contributed by atoms with E-state index < -0.39 is 5.91 Å². The minimum absolute atomic E-state index is 0.0877. The number of carbonyl (C=O) groups is 1. The molecule has 0 unspecified atom stereocenters. The number of nitrogens with zero attached hydrogens (tertiary/aromatic N) is 4. The summed E-state index contributed by atoms with van der Waals surface area (Å²) >= 11 is 1.34. The van der Waals surface area contributed by atoms with Crippen LogP contribution >= 0.6 is 11.3 Å². The van der Waals surface area contributed by atoms with Gasteiger partial charge in [-0.15, -0.1) is 10.2 Å². The van der Waals surface area contributed by atoms with Crippen LogP contribution in [0.5, 0.6) is 0 Å². The van der Waals surface area contributed by atoms with E-state index in [-0.39, 0.29) is 11.5 Å². The number of carbonyl (C=O) groups excluding carboxylic acids is 1. The topological polar surface area (TPSA) is 107 Å². The molecule has 1 amide bonds. The summed E-state index contributed by atoms with van der Waals surface area (Å²) in [6.45, 7) is 2.06. The maximum atomic E-state index is 11.8. The molecule has 2 aromatic heterocycles. The Hall–Kier alpha value is -2.09. The van der Waals surface area contributed by atoms with Gasteiger partial charge in [0, 0.05) is 18.8 Å². The number of nitrogens with two attached hydrogens (primary N) is 1. The van der Waals surface area contributed by atoms with Crippen molar-refractivity contribution in [3.05, 3.63) is 23.1 Å². The second kappa shape index (κ2) is 5.50. The van der Waals surface area contributed by atoms with Crippen molar-refractivity contribution in [1.82, 2.24) is 20.2 Å². The molecule has 0 saturated carbocycles. The predicted octanol–water partition coefficient (Wildman–Crippen LogP) is 1.12. The molecule has 2 aromatic rings. The summed E-state index contributed by atoms with van der Waals surface area (Å²) in [4.78, 5) is 19.5. The predicted molar refractivity (Wildman–Crippen MR) is 68.3 cm³/mol. The largest absolute Gasteiger partial charge is 0.382 e. The average molecular weight is 264 g/mol. The number of anilines is 2. The third kappa shape index (κ3) is 2.77. The van der Waals surface area contributed by atoms with Crippen LogP contribution in [-0.4, -0.2) is 26.1 Å². The summed E-state index contributed by atoms with van der Waals surface area (Å²) in [5, 5.41) is 11.8. The maximum Gasteiger partial charge on any atom is 0.279 e. The third-order valence-electron chi connectivity index (χ3n) is 2.09. The average Bonchev–Trinajstić information content (AvgIpc) is 2.77. The van der Waals surface area contributed by atoms with Crippen LogP contribution in [0, 0.1) is 0 Å². The van der Waals surface area contributed by atoms with Crippen LogP contribution in [0.2, 0.25) is 0 Å². The Bertz CT molecular complexity index is 555. The summed E-state index contributed by atoms with van der Waals surface area (Å²) < 4.78 is 0. The van der Waals surface area contributed by atoms with Crippen molar-refractivity contribution >= 4 is 28.2 Å². The number of hydrogen-bond acceptors (Lipinski definition) is 7. The minimum Gasteiger partial charge on any atom is -0.382 e. The van der Waals surface area contributed by atoms with Crippen molar-refractivity contribution in [3.8, 4) is 0 Å². The van der Waals surface area contributed by atoms with Gasteiger partial charge in [0.25, 0.3) is 5.91 Å². The first kappa shape index (κ1) is 12.4. The summed E-state index contributed by atoms with van der Waals surface area (Å²) in [6, 6.07) is 0. The molecule has 94 valence electrons. The first-order valence-corrected chi connectivity index (χ1v) is 6.22. The molecule has 0 aliphatic rings. The zero-order valence-corrected chi connectivity index (χ0v) is 10.6. The minimum atomic E-state index is -0.431. The Morgan fingerprint density at radius 3 is 2.89 bits per heavy atom. The zero-order valence-electron chi connectivity index (χ0n) is 9.75. The first-order chi connectivity index (χ1) is 8.70. The van der Waals surface area contributed by atoms with Crippen LogP contribution in [0.25, 0.3) is 0 Å². The molecule has 7 nitrogen and oxygen atoms in total. The molecule has 18 heavy (non-hydrogen) atoms. The molecule has 0 spiro atoms. The molecule has 0 atom stereocenters. The Morgan fingerprint density at radius 1 is 1.39 bits per heavy atom. The van der Waals surface area contributed by atoms with E-state index in [1.807, 2.05) is 0 Å². The lowest BCUT2D eigenvalue weighted by Gasteiger charge is -2.01. The molecule has 0 aliphatic carbocycles. The van der Waals surface area contributed by atoms with E-state index in [4.69, 9.17) is 5.73 Å². The summed E-state index contributed by atoms with van der Waals surface area (Å²) in [5.74, 6) is -0.340. The van der Waals surface area contributed by atoms with Gasteiger partial charge in [0.15, 0.2) is 11.5 Å². The first-order valence-electron chi connectivity index (χ1n) is 5.41. The highest BCUT2D eigenvalue weighted by Crippen LogP contribution is 2.17. The molecule has 2 rings (SSSR count). The number of nitrogen functional groups attached to an aromatic ring is 1. The standard InChI is InChI=1S/C10H12N6OS/c1-2-3-6-15-16-10(18-6)14-9(17)7-8(11)13-5-4-12-7/h4-5H,2-3H2,1H3,(H2,11,13)(H,14,16,17). The van der Waals surface area contributed by atoms with E-state index in [0.717, 1.165) is 17.8 Å². The fraction of sp³-hybridized carbons (Fsp3) is 0.300. The number of aromatic nitrogens is 4. The lowest BCUT2D eigenvalue weighted by atomic mass is 10.4. The molecule has 8 heteroatoms. The van der Waals surface area contributed by atoms with E-state index in [9.17, 15) is 4.79 Å².